The molecule has 2 aliphatic rings. The predicted molar refractivity (Wildman–Crippen MR) is 66.6 cm³/mol. The third-order valence-electron chi connectivity index (χ3n) is 3.49. The molecule has 0 aromatic heterocycles. The van der Waals surface area contributed by atoms with E-state index < -0.39 is 12.3 Å². The summed E-state index contributed by atoms with van der Waals surface area (Å²) in [5.41, 5.74) is 3.77. The van der Waals surface area contributed by atoms with Crippen LogP contribution in [0.25, 0.3) is 0 Å². The second-order valence-corrected chi connectivity index (χ2v) is 5.21. The van der Waals surface area contributed by atoms with Gasteiger partial charge in [-0.15, -0.1) is 0 Å². The molecule has 3 N–H and O–H groups in total. The topological polar surface area (TPSA) is 83.7 Å². The van der Waals surface area contributed by atoms with Gasteiger partial charge in [0.2, 0.25) is 0 Å². The van der Waals surface area contributed by atoms with E-state index in [2.05, 4.69) is 34.4 Å². The van der Waals surface area contributed by atoms with Crippen molar-refractivity contribution in [3.8, 4) is 0 Å². The molecule has 0 bridgehead atoms. The Morgan fingerprint density at radius 1 is 1.63 bits per heavy atom. The molecule has 1 fully saturated rings. The lowest BCUT2D eigenvalue weighted by Crippen LogP contribution is -2.53. The van der Waals surface area contributed by atoms with Crippen molar-refractivity contribution < 1.29 is 19.1 Å². The van der Waals surface area contributed by atoms with Crippen molar-refractivity contribution >= 4 is 5.97 Å². The summed E-state index contributed by atoms with van der Waals surface area (Å²) in [5.74, 6) is -1.62. The van der Waals surface area contributed by atoms with Crippen LogP contribution >= 0.6 is 0 Å². The summed E-state index contributed by atoms with van der Waals surface area (Å²) in [6.07, 6.45) is 1.42. The maximum Gasteiger partial charge on any atom is 0.367 e. The van der Waals surface area contributed by atoms with Gasteiger partial charge in [-0.1, -0.05) is 0 Å². The second-order valence-electron chi connectivity index (χ2n) is 5.21. The number of carbonyl (C=O) groups is 1. The minimum atomic E-state index is -2.32. The Hall–Kier alpha value is -1.18. The van der Waals surface area contributed by atoms with Gasteiger partial charge in [0, 0.05) is 30.5 Å². The van der Waals surface area contributed by atoms with Crippen LogP contribution in [-0.2, 0) is 9.63 Å². The van der Waals surface area contributed by atoms with Crippen molar-refractivity contribution in [3.05, 3.63) is 11.9 Å². The lowest BCUT2D eigenvalue weighted by atomic mass is 9.96. The first-order valence-electron chi connectivity index (χ1n) is 6.49. The van der Waals surface area contributed by atoms with Crippen LogP contribution in [0, 0.1) is 0 Å². The lowest BCUT2D eigenvalue weighted by molar-refractivity contribution is -0.177. The van der Waals surface area contributed by atoms with Gasteiger partial charge < -0.3 is 10.4 Å². The number of hydrogen-bond donors (Lipinski definition) is 3. The van der Waals surface area contributed by atoms with Gasteiger partial charge >= 0.3 is 12.3 Å². The summed E-state index contributed by atoms with van der Waals surface area (Å²) in [7, 11) is 0. The SMILES string of the molecule is CC(C)N1CC(NOC(F)C(=O)O)CC[C@H]1C1=CN1. The van der Waals surface area contributed by atoms with Gasteiger partial charge in [-0.2, -0.15) is 5.48 Å². The van der Waals surface area contributed by atoms with Crippen molar-refractivity contribution in [2.45, 2.75) is 51.2 Å². The van der Waals surface area contributed by atoms with Crippen molar-refractivity contribution in [3.63, 3.8) is 0 Å². The van der Waals surface area contributed by atoms with Crippen LogP contribution in [0.15, 0.2) is 11.9 Å². The smallest absolute Gasteiger partial charge is 0.367 e. The van der Waals surface area contributed by atoms with Crippen LogP contribution in [0.1, 0.15) is 26.7 Å². The average molecular weight is 273 g/mol. The summed E-state index contributed by atoms with van der Waals surface area (Å²) < 4.78 is 12.8. The third-order valence-corrected chi connectivity index (χ3v) is 3.49. The van der Waals surface area contributed by atoms with E-state index in [9.17, 15) is 9.18 Å². The summed E-state index contributed by atoms with van der Waals surface area (Å²) in [6.45, 7) is 4.91. The molecule has 108 valence electrons. The quantitative estimate of drug-likeness (QED) is 0.614. The molecule has 0 aromatic rings. The number of rotatable bonds is 6. The number of nitrogens with zero attached hydrogens (tertiary/aromatic N) is 1. The number of hydroxylamine groups is 1. The Balaban J connectivity index is 1.84. The fourth-order valence-corrected chi connectivity index (χ4v) is 2.44. The first-order valence-corrected chi connectivity index (χ1v) is 6.49. The molecular weight excluding hydrogens is 253 g/mol. The van der Waals surface area contributed by atoms with Crippen LogP contribution in [0.2, 0.25) is 0 Å². The number of halogens is 1. The molecule has 6 nitrogen and oxygen atoms in total. The fraction of sp³-hybridized carbons (Fsp3) is 0.750. The zero-order valence-electron chi connectivity index (χ0n) is 11.1. The Kier molecular flexibility index (Phi) is 4.38. The first kappa shape index (κ1) is 14.2. The Morgan fingerprint density at radius 3 is 2.84 bits per heavy atom. The van der Waals surface area contributed by atoms with Crippen molar-refractivity contribution in [1.82, 2.24) is 15.7 Å². The molecule has 0 radical (unpaired) electrons. The minimum absolute atomic E-state index is 0.0596. The van der Waals surface area contributed by atoms with Crippen LogP contribution in [0.3, 0.4) is 0 Å². The Labute approximate surface area is 111 Å². The van der Waals surface area contributed by atoms with E-state index in [1.807, 2.05) is 6.20 Å². The van der Waals surface area contributed by atoms with Gasteiger partial charge in [0.15, 0.2) is 0 Å². The lowest BCUT2D eigenvalue weighted by Gasteiger charge is -2.41. The molecule has 1 saturated heterocycles. The van der Waals surface area contributed by atoms with Gasteiger partial charge in [-0.3, -0.25) is 9.74 Å². The molecule has 3 atom stereocenters. The third kappa shape index (κ3) is 3.65. The fourth-order valence-electron chi connectivity index (χ4n) is 2.44. The largest absolute Gasteiger partial charge is 0.477 e. The second kappa shape index (κ2) is 5.85. The van der Waals surface area contributed by atoms with Gasteiger partial charge in [0.1, 0.15) is 0 Å². The minimum Gasteiger partial charge on any atom is -0.477 e. The van der Waals surface area contributed by atoms with Gasteiger partial charge in [-0.25, -0.2) is 9.18 Å². The predicted octanol–water partition coefficient (Wildman–Crippen LogP) is 0.574. The number of aliphatic carboxylic acids is 1. The van der Waals surface area contributed by atoms with Crippen molar-refractivity contribution in [1.29, 1.82) is 0 Å². The highest BCUT2D eigenvalue weighted by molar-refractivity contribution is 5.70. The number of alkyl halides is 1. The van der Waals surface area contributed by atoms with E-state index in [0.717, 1.165) is 12.8 Å². The highest BCUT2D eigenvalue weighted by Crippen LogP contribution is 2.27. The van der Waals surface area contributed by atoms with Gasteiger partial charge in [-0.05, 0) is 26.7 Å². The normalized spacial score (nSPS) is 28.7. The zero-order chi connectivity index (χ0) is 14.0. The summed E-state index contributed by atoms with van der Waals surface area (Å²) in [6, 6.07) is 0.674. The standard InChI is InChI=1S/C12H20FN3O3/c1-7(2)16-6-8(15-19-11(13)12(17)18)3-4-10(16)9-5-14-9/h5,7-8,10-11,14-15H,3-4,6H2,1-2H3,(H,17,18)/t8?,10-,11?/m0/s1. The molecule has 2 unspecified atom stereocenters. The summed E-state index contributed by atoms with van der Waals surface area (Å²) >= 11 is 0. The molecule has 2 heterocycles. The maximum atomic E-state index is 12.8. The van der Waals surface area contributed by atoms with E-state index in [1.165, 1.54) is 5.70 Å². The molecule has 0 aromatic carbocycles. The van der Waals surface area contributed by atoms with Crippen LogP contribution in [0.4, 0.5) is 4.39 Å². The monoisotopic (exact) mass is 273 g/mol. The highest BCUT2D eigenvalue weighted by atomic mass is 19.1. The number of piperidine rings is 1. The molecule has 19 heavy (non-hydrogen) atoms. The van der Waals surface area contributed by atoms with Crippen molar-refractivity contribution in [2.24, 2.45) is 0 Å². The molecule has 0 amide bonds. The number of hydrogen-bond acceptors (Lipinski definition) is 5. The molecule has 0 spiro atoms. The average Bonchev–Trinajstić information content (AvgIpc) is 3.19. The van der Waals surface area contributed by atoms with E-state index in [0.29, 0.717) is 18.6 Å². The number of carboxylic acid groups (broad SMARTS) is 1. The maximum absolute atomic E-state index is 12.8. The van der Waals surface area contributed by atoms with E-state index in [4.69, 9.17) is 5.11 Å². The highest BCUT2D eigenvalue weighted by Gasteiger charge is 2.35. The van der Waals surface area contributed by atoms with Gasteiger partial charge in [0.25, 0.3) is 0 Å². The number of carboxylic acids is 1. The Bertz CT molecular complexity index is 375. The van der Waals surface area contributed by atoms with Crippen molar-refractivity contribution in [2.75, 3.05) is 6.54 Å². The molecular formula is C12H20FN3O3. The molecule has 2 aliphatic heterocycles. The van der Waals surface area contributed by atoms with E-state index in [-0.39, 0.29) is 6.04 Å². The molecule has 0 saturated carbocycles. The van der Waals surface area contributed by atoms with Gasteiger partial charge in [0.05, 0.1) is 6.04 Å². The number of nitrogens with one attached hydrogen (secondary N) is 2. The summed E-state index contributed by atoms with van der Waals surface area (Å²) in [4.78, 5) is 17.1. The molecule has 2 rings (SSSR count). The summed E-state index contributed by atoms with van der Waals surface area (Å²) in [5, 5.41) is 11.5. The zero-order valence-corrected chi connectivity index (χ0v) is 11.1. The van der Waals surface area contributed by atoms with E-state index in [1.54, 1.807) is 0 Å². The molecule has 7 heteroatoms. The number of likely N-dealkylation sites (tertiary alicyclic amines) is 1. The first-order chi connectivity index (χ1) is 8.99. The van der Waals surface area contributed by atoms with Crippen LogP contribution in [-0.4, -0.2) is 47.0 Å². The molecule has 0 aliphatic carbocycles. The Morgan fingerprint density at radius 2 is 2.32 bits per heavy atom. The van der Waals surface area contributed by atoms with E-state index >= 15 is 0 Å². The van der Waals surface area contributed by atoms with Crippen LogP contribution in [0.5, 0.6) is 0 Å². The van der Waals surface area contributed by atoms with Crippen LogP contribution < -0.4 is 10.8 Å².